The van der Waals surface area contributed by atoms with Gasteiger partial charge in [0.1, 0.15) is 11.4 Å². The summed E-state index contributed by atoms with van der Waals surface area (Å²) in [5.41, 5.74) is 0.622. The van der Waals surface area contributed by atoms with E-state index in [9.17, 15) is 4.79 Å². The van der Waals surface area contributed by atoms with Gasteiger partial charge in [-0.25, -0.2) is 0 Å². The fraction of sp³-hybridized carbons (Fsp3) is 0.950. The van der Waals surface area contributed by atoms with E-state index in [0.717, 1.165) is 37.0 Å². The number of carbonyl (C=O) groups is 1. The molecule has 5 aliphatic rings. The zero-order chi connectivity index (χ0) is 15.3. The smallest absolute Gasteiger partial charge is 0.139 e. The lowest BCUT2D eigenvalue weighted by Gasteiger charge is -2.60. The molecular formula is C20H30O2. The van der Waals surface area contributed by atoms with Gasteiger partial charge in [-0.15, -0.1) is 0 Å². The molecule has 122 valence electrons. The topological polar surface area (TPSA) is 29.6 Å². The van der Waals surface area contributed by atoms with Crippen molar-refractivity contribution in [3.8, 4) is 0 Å². The highest BCUT2D eigenvalue weighted by Gasteiger charge is 2.75. The Morgan fingerprint density at radius 2 is 1.91 bits per heavy atom. The molecule has 4 saturated carbocycles. The lowest BCUT2D eigenvalue weighted by atomic mass is 9.43. The van der Waals surface area contributed by atoms with Gasteiger partial charge in [-0.3, -0.25) is 4.79 Å². The van der Waals surface area contributed by atoms with E-state index in [0.29, 0.717) is 23.2 Å². The molecule has 2 heteroatoms. The largest absolute Gasteiger partial charge is 0.365 e. The number of fused-ring (bicyclic) bond motifs is 4. The van der Waals surface area contributed by atoms with E-state index in [4.69, 9.17) is 4.74 Å². The molecule has 5 rings (SSSR count). The quantitative estimate of drug-likeness (QED) is 0.622. The van der Waals surface area contributed by atoms with E-state index in [2.05, 4.69) is 20.8 Å². The first kappa shape index (κ1) is 14.0. The van der Waals surface area contributed by atoms with Gasteiger partial charge in [0.25, 0.3) is 0 Å². The second-order valence-electron chi connectivity index (χ2n) is 9.70. The summed E-state index contributed by atoms with van der Waals surface area (Å²) in [7, 11) is 0. The van der Waals surface area contributed by atoms with Gasteiger partial charge in [0, 0.05) is 17.3 Å². The van der Waals surface area contributed by atoms with Gasteiger partial charge in [0.05, 0.1) is 6.10 Å². The fourth-order valence-corrected chi connectivity index (χ4v) is 7.91. The Morgan fingerprint density at radius 3 is 2.73 bits per heavy atom. The zero-order valence-electron chi connectivity index (χ0n) is 14.4. The maximum absolute atomic E-state index is 12.5. The Balaban J connectivity index is 1.56. The van der Waals surface area contributed by atoms with Gasteiger partial charge in [-0.1, -0.05) is 27.2 Å². The highest BCUT2D eigenvalue weighted by molar-refractivity contribution is 5.87. The first-order valence-electron chi connectivity index (χ1n) is 9.63. The molecule has 0 aromatic heterocycles. The van der Waals surface area contributed by atoms with Crippen molar-refractivity contribution in [3.05, 3.63) is 0 Å². The molecule has 1 spiro atoms. The van der Waals surface area contributed by atoms with Gasteiger partial charge in [0.15, 0.2) is 0 Å². The predicted molar refractivity (Wildman–Crippen MR) is 85.4 cm³/mol. The average molecular weight is 302 g/mol. The van der Waals surface area contributed by atoms with Crippen molar-refractivity contribution in [2.24, 2.45) is 34.5 Å². The standard InChI is InChI=1S/C20H30O2/c1-12-11-20-16(22-20)5-4-9-19(20,3)14-8-10-18(2)13(17(12)14)6-7-15(18)21/h12-14,16-17H,4-11H2,1-3H3/t12-,13+,14+,16-,17+,18+,19-,20-/m1/s1. The van der Waals surface area contributed by atoms with Crippen LogP contribution < -0.4 is 0 Å². The van der Waals surface area contributed by atoms with Gasteiger partial charge in [-0.2, -0.15) is 0 Å². The summed E-state index contributed by atoms with van der Waals surface area (Å²) in [5, 5.41) is 0. The van der Waals surface area contributed by atoms with Crippen molar-refractivity contribution >= 4 is 5.78 Å². The van der Waals surface area contributed by atoms with Gasteiger partial charge >= 0.3 is 0 Å². The minimum atomic E-state index is 0.00870. The van der Waals surface area contributed by atoms with Crippen LogP contribution >= 0.6 is 0 Å². The average Bonchev–Trinajstić information content (AvgIpc) is 3.11. The molecule has 0 radical (unpaired) electrons. The molecule has 0 N–H and O–H groups in total. The molecule has 1 aliphatic heterocycles. The van der Waals surface area contributed by atoms with Crippen LogP contribution in [-0.4, -0.2) is 17.5 Å². The summed E-state index contributed by atoms with van der Waals surface area (Å²) >= 11 is 0. The fourth-order valence-electron chi connectivity index (χ4n) is 7.91. The van der Waals surface area contributed by atoms with Crippen molar-refractivity contribution in [2.45, 2.75) is 83.8 Å². The van der Waals surface area contributed by atoms with Crippen molar-refractivity contribution < 1.29 is 9.53 Å². The lowest BCUT2D eigenvalue weighted by molar-refractivity contribution is -0.146. The number of rotatable bonds is 0. The molecule has 22 heavy (non-hydrogen) atoms. The lowest BCUT2D eigenvalue weighted by Crippen LogP contribution is -2.59. The van der Waals surface area contributed by atoms with E-state index in [-0.39, 0.29) is 11.0 Å². The summed E-state index contributed by atoms with van der Waals surface area (Å²) in [6, 6.07) is 0. The zero-order valence-corrected chi connectivity index (χ0v) is 14.4. The molecular weight excluding hydrogens is 272 g/mol. The molecule has 8 atom stereocenters. The van der Waals surface area contributed by atoms with Crippen LogP contribution in [0.5, 0.6) is 0 Å². The number of ketones is 1. The minimum absolute atomic E-state index is 0.00870. The summed E-state index contributed by atoms with van der Waals surface area (Å²) in [6.45, 7) is 7.31. The molecule has 0 bridgehead atoms. The third-order valence-corrected chi connectivity index (χ3v) is 9.09. The molecule has 1 saturated heterocycles. The van der Waals surface area contributed by atoms with Crippen LogP contribution in [0.15, 0.2) is 0 Å². The normalized spacial score (nSPS) is 62.7. The second-order valence-corrected chi connectivity index (χ2v) is 9.70. The van der Waals surface area contributed by atoms with Crippen LogP contribution in [0.1, 0.15) is 72.1 Å². The molecule has 2 nitrogen and oxygen atoms in total. The van der Waals surface area contributed by atoms with Crippen LogP contribution in [0, 0.1) is 34.5 Å². The highest BCUT2D eigenvalue weighted by atomic mass is 16.6. The number of ether oxygens (including phenoxy) is 1. The monoisotopic (exact) mass is 302 g/mol. The Hall–Kier alpha value is -0.370. The predicted octanol–water partition coefficient (Wildman–Crippen LogP) is 4.37. The summed E-state index contributed by atoms with van der Waals surface area (Å²) in [5.74, 6) is 3.52. The van der Waals surface area contributed by atoms with E-state index >= 15 is 0 Å². The maximum atomic E-state index is 12.5. The Kier molecular flexibility index (Phi) is 2.54. The maximum Gasteiger partial charge on any atom is 0.139 e. The minimum Gasteiger partial charge on any atom is -0.365 e. The van der Waals surface area contributed by atoms with Crippen LogP contribution in [0.3, 0.4) is 0 Å². The van der Waals surface area contributed by atoms with Crippen molar-refractivity contribution in [3.63, 3.8) is 0 Å². The molecule has 1 heterocycles. The highest BCUT2D eigenvalue weighted by Crippen LogP contribution is 2.73. The second kappa shape index (κ2) is 3.99. The van der Waals surface area contributed by atoms with Crippen LogP contribution in [-0.2, 0) is 9.53 Å². The number of carbonyl (C=O) groups excluding carboxylic acids is 1. The van der Waals surface area contributed by atoms with Crippen LogP contribution in [0.4, 0.5) is 0 Å². The first-order valence-corrected chi connectivity index (χ1v) is 9.63. The van der Waals surface area contributed by atoms with Crippen molar-refractivity contribution in [1.29, 1.82) is 0 Å². The SMILES string of the molecule is C[C@@H]1C[C@@]23O[C@@H]2CCC[C@]3(C)[C@H]2CC[C@]3(C)C(=O)CC[C@H]3[C@H]12. The summed E-state index contributed by atoms with van der Waals surface area (Å²) in [6.07, 6.45) is 10.2. The van der Waals surface area contributed by atoms with Crippen molar-refractivity contribution in [2.75, 3.05) is 0 Å². The van der Waals surface area contributed by atoms with Gasteiger partial charge in [0.2, 0.25) is 0 Å². The molecule has 0 aromatic rings. The Bertz CT molecular complexity index is 542. The molecule has 0 amide bonds. The molecule has 4 aliphatic carbocycles. The summed E-state index contributed by atoms with van der Waals surface area (Å²) < 4.78 is 6.38. The number of hydrogen-bond donors (Lipinski definition) is 0. The summed E-state index contributed by atoms with van der Waals surface area (Å²) in [4.78, 5) is 12.5. The number of epoxide rings is 1. The van der Waals surface area contributed by atoms with Gasteiger partial charge in [-0.05, 0) is 62.2 Å². The first-order chi connectivity index (χ1) is 10.4. The van der Waals surface area contributed by atoms with Crippen LogP contribution in [0.2, 0.25) is 0 Å². The Labute approximate surface area is 134 Å². The number of Topliss-reactive ketones (excluding diaryl/α,β-unsaturated/α-hetero) is 1. The van der Waals surface area contributed by atoms with E-state index in [1.54, 1.807) is 0 Å². The third kappa shape index (κ3) is 1.37. The van der Waals surface area contributed by atoms with E-state index in [1.165, 1.54) is 32.1 Å². The van der Waals surface area contributed by atoms with Crippen LogP contribution in [0.25, 0.3) is 0 Å². The van der Waals surface area contributed by atoms with E-state index in [1.807, 2.05) is 0 Å². The third-order valence-electron chi connectivity index (χ3n) is 9.09. The Morgan fingerprint density at radius 1 is 1.09 bits per heavy atom. The van der Waals surface area contributed by atoms with Crippen molar-refractivity contribution in [1.82, 2.24) is 0 Å². The van der Waals surface area contributed by atoms with E-state index < -0.39 is 0 Å². The molecule has 0 aromatic carbocycles. The van der Waals surface area contributed by atoms with Gasteiger partial charge < -0.3 is 4.74 Å². The number of hydrogen-bond acceptors (Lipinski definition) is 2. The molecule has 0 unspecified atom stereocenters. The molecule has 5 fully saturated rings.